The Bertz CT molecular complexity index is 409. The summed E-state index contributed by atoms with van der Waals surface area (Å²) in [5.74, 6) is 0.0383. The van der Waals surface area contributed by atoms with E-state index < -0.39 is 0 Å². The van der Waals surface area contributed by atoms with Gasteiger partial charge in [0.2, 0.25) is 5.91 Å². The summed E-state index contributed by atoms with van der Waals surface area (Å²) in [5, 5.41) is 7.08. The van der Waals surface area contributed by atoms with Crippen LogP contribution in [-0.2, 0) is 11.2 Å². The van der Waals surface area contributed by atoms with E-state index in [0.717, 1.165) is 18.5 Å². The Morgan fingerprint density at radius 1 is 1.31 bits per heavy atom. The molecular formula is C11H12Cl2N2O. The highest BCUT2D eigenvalue weighted by molar-refractivity contribution is 6.42. The molecule has 1 aromatic rings. The van der Waals surface area contributed by atoms with Crippen LogP contribution in [0.15, 0.2) is 18.2 Å². The summed E-state index contributed by atoms with van der Waals surface area (Å²) in [6.07, 6.45) is 0.760. The van der Waals surface area contributed by atoms with Gasteiger partial charge in [-0.3, -0.25) is 4.79 Å². The average molecular weight is 259 g/mol. The van der Waals surface area contributed by atoms with Gasteiger partial charge in [-0.15, -0.1) is 0 Å². The van der Waals surface area contributed by atoms with Crippen LogP contribution >= 0.6 is 23.2 Å². The molecule has 1 aliphatic heterocycles. The lowest BCUT2D eigenvalue weighted by Crippen LogP contribution is -2.52. The maximum absolute atomic E-state index is 11.2. The summed E-state index contributed by atoms with van der Waals surface area (Å²) in [5.41, 5.74) is 1.07. The molecule has 2 N–H and O–H groups in total. The summed E-state index contributed by atoms with van der Waals surface area (Å²) in [6, 6.07) is 5.66. The number of amides is 1. The Hall–Kier alpha value is -0.770. The molecule has 1 fully saturated rings. The van der Waals surface area contributed by atoms with Crippen LogP contribution in [0.3, 0.4) is 0 Å². The Morgan fingerprint density at radius 3 is 2.81 bits per heavy atom. The lowest BCUT2D eigenvalue weighted by molar-refractivity contribution is -0.122. The van der Waals surface area contributed by atoms with E-state index in [2.05, 4.69) is 10.6 Å². The quantitative estimate of drug-likeness (QED) is 0.847. The summed E-state index contributed by atoms with van der Waals surface area (Å²) >= 11 is 11.8. The van der Waals surface area contributed by atoms with Gasteiger partial charge in [0.1, 0.15) is 0 Å². The molecule has 16 heavy (non-hydrogen) atoms. The van der Waals surface area contributed by atoms with Crippen molar-refractivity contribution in [1.29, 1.82) is 0 Å². The first kappa shape index (κ1) is 11.7. The second kappa shape index (κ2) is 5.04. The molecule has 0 aromatic heterocycles. The zero-order chi connectivity index (χ0) is 11.5. The standard InChI is InChI=1S/C11H12Cl2N2O/c12-9-2-1-7(4-10(9)13)3-8-5-14-6-11(16)15-8/h1-2,4,8,14H,3,5-6H2,(H,15,16). The van der Waals surface area contributed by atoms with Crippen molar-refractivity contribution in [3.05, 3.63) is 33.8 Å². The lowest BCUT2D eigenvalue weighted by atomic mass is 10.0. The normalized spacial score (nSPS) is 20.6. The molecule has 86 valence electrons. The first-order valence-electron chi connectivity index (χ1n) is 5.09. The smallest absolute Gasteiger partial charge is 0.234 e. The number of hydrogen-bond donors (Lipinski definition) is 2. The van der Waals surface area contributed by atoms with Gasteiger partial charge in [0.05, 0.1) is 16.6 Å². The number of carbonyl (C=O) groups is 1. The second-order valence-electron chi connectivity index (χ2n) is 3.85. The Morgan fingerprint density at radius 2 is 2.12 bits per heavy atom. The molecule has 2 rings (SSSR count). The fourth-order valence-corrected chi connectivity index (χ4v) is 2.08. The number of carbonyl (C=O) groups excluding carboxylic acids is 1. The van der Waals surface area contributed by atoms with Gasteiger partial charge in [-0.05, 0) is 24.1 Å². The van der Waals surface area contributed by atoms with E-state index >= 15 is 0 Å². The Labute approximate surface area is 104 Å². The highest BCUT2D eigenvalue weighted by atomic mass is 35.5. The first-order valence-corrected chi connectivity index (χ1v) is 5.85. The van der Waals surface area contributed by atoms with Crippen LogP contribution in [0, 0.1) is 0 Å². The largest absolute Gasteiger partial charge is 0.351 e. The maximum atomic E-state index is 11.2. The minimum absolute atomic E-state index is 0.0383. The van der Waals surface area contributed by atoms with Gasteiger partial charge in [-0.1, -0.05) is 29.3 Å². The molecule has 1 aliphatic rings. The monoisotopic (exact) mass is 258 g/mol. The summed E-state index contributed by atoms with van der Waals surface area (Å²) < 4.78 is 0. The van der Waals surface area contributed by atoms with E-state index in [0.29, 0.717) is 16.6 Å². The molecule has 0 saturated carbocycles. The van der Waals surface area contributed by atoms with E-state index in [1.54, 1.807) is 6.07 Å². The van der Waals surface area contributed by atoms with Crippen LogP contribution in [0.5, 0.6) is 0 Å². The van der Waals surface area contributed by atoms with Crippen molar-refractivity contribution < 1.29 is 4.79 Å². The van der Waals surface area contributed by atoms with Crippen molar-refractivity contribution in [2.45, 2.75) is 12.5 Å². The fraction of sp³-hybridized carbons (Fsp3) is 0.364. The van der Waals surface area contributed by atoms with E-state index in [1.165, 1.54) is 0 Å². The van der Waals surface area contributed by atoms with Crippen LogP contribution < -0.4 is 10.6 Å². The zero-order valence-electron chi connectivity index (χ0n) is 8.59. The average Bonchev–Trinajstić information content (AvgIpc) is 2.24. The predicted octanol–water partition coefficient (Wildman–Crippen LogP) is 1.62. The molecule has 1 unspecified atom stereocenters. The van der Waals surface area contributed by atoms with E-state index in [4.69, 9.17) is 23.2 Å². The third kappa shape index (κ3) is 2.88. The van der Waals surface area contributed by atoms with Crippen molar-refractivity contribution in [2.75, 3.05) is 13.1 Å². The molecule has 0 radical (unpaired) electrons. The SMILES string of the molecule is O=C1CNCC(Cc2ccc(Cl)c(Cl)c2)N1. The molecule has 1 heterocycles. The highest BCUT2D eigenvalue weighted by Gasteiger charge is 2.17. The van der Waals surface area contributed by atoms with Crippen LogP contribution in [0.1, 0.15) is 5.56 Å². The molecule has 0 spiro atoms. The van der Waals surface area contributed by atoms with Crippen molar-refractivity contribution in [3.63, 3.8) is 0 Å². The fourth-order valence-electron chi connectivity index (χ4n) is 1.76. The zero-order valence-corrected chi connectivity index (χ0v) is 10.1. The van der Waals surface area contributed by atoms with E-state index in [1.807, 2.05) is 12.1 Å². The molecule has 1 aromatic carbocycles. The van der Waals surface area contributed by atoms with Gasteiger partial charge in [-0.2, -0.15) is 0 Å². The third-order valence-corrected chi connectivity index (χ3v) is 3.25. The van der Waals surface area contributed by atoms with Crippen molar-refractivity contribution >= 4 is 29.1 Å². The van der Waals surface area contributed by atoms with Gasteiger partial charge >= 0.3 is 0 Å². The number of nitrogens with one attached hydrogen (secondary N) is 2. The van der Waals surface area contributed by atoms with Crippen LogP contribution in [0.4, 0.5) is 0 Å². The molecule has 1 atom stereocenters. The van der Waals surface area contributed by atoms with Crippen molar-refractivity contribution in [2.24, 2.45) is 0 Å². The van der Waals surface area contributed by atoms with Crippen LogP contribution in [0.25, 0.3) is 0 Å². The van der Waals surface area contributed by atoms with E-state index in [-0.39, 0.29) is 11.9 Å². The van der Waals surface area contributed by atoms with Crippen molar-refractivity contribution in [3.8, 4) is 0 Å². The molecule has 1 amide bonds. The van der Waals surface area contributed by atoms with E-state index in [9.17, 15) is 4.79 Å². The number of piperazine rings is 1. The summed E-state index contributed by atoms with van der Waals surface area (Å²) in [6.45, 7) is 1.18. The Balaban J connectivity index is 2.03. The minimum atomic E-state index is 0.0383. The summed E-state index contributed by atoms with van der Waals surface area (Å²) in [4.78, 5) is 11.2. The van der Waals surface area contributed by atoms with Crippen LogP contribution in [-0.4, -0.2) is 25.0 Å². The molecule has 5 heteroatoms. The molecule has 3 nitrogen and oxygen atoms in total. The number of rotatable bonds is 2. The predicted molar refractivity (Wildman–Crippen MR) is 65.0 cm³/mol. The molecular weight excluding hydrogens is 247 g/mol. The Kier molecular flexibility index (Phi) is 3.69. The van der Waals surface area contributed by atoms with Gasteiger partial charge in [0.25, 0.3) is 0 Å². The molecule has 0 aliphatic carbocycles. The topological polar surface area (TPSA) is 41.1 Å². The number of hydrogen-bond acceptors (Lipinski definition) is 2. The van der Waals surface area contributed by atoms with Gasteiger partial charge < -0.3 is 10.6 Å². The maximum Gasteiger partial charge on any atom is 0.234 e. The van der Waals surface area contributed by atoms with Gasteiger partial charge in [0, 0.05) is 12.6 Å². The van der Waals surface area contributed by atoms with Gasteiger partial charge in [0.15, 0.2) is 0 Å². The first-order chi connectivity index (χ1) is 7.65. The minimum Gasteiger partial charge on any atom is -0.351 e. The second-order valence-corrected chi connectivity index (χ2v) is 4.66. The summed E-state index contributed by atoms with van der Waals surface area (Å²) in [7, 11) is 0. The third-order valence-electron chi connectivity index (χ3n) is 2.51. The van der Waals surface area contributed by atoms with Gasteiger partial charge in [-0.25, -0.2) is 0 Å². The number of halogens is 2. The highest BCUT2D eigenvalue weighted by Crippen LogP contribution is 2.23. The van der Waals surface area contributed by atoms with Crippen molar-refractivity contribution in [1.82, 2.24) is 10.6 Å². The van der Waals surface area contributed by atoms with Crippen LogP contribution in [0.2, 0.25) is 10.0 Å². The molecule has 1 saturated heterocycles. The lowest BCUT2D eigenvalue weighted by Gasteiger charge is -2.24. The molecule has 0 bridgehead atoms. The number of benzene rings is 1.